The Labute approximate surface area is 130 Å². The van der Waals surface area contributed by atoms with E-state index in [0.29, 0.717) is 13.0 Å². The van der Waals surface area contributed by atoms with Gasteiger partial charge in [-0.1, -0.05) is 25.0 Å². The lowest BCUT2D eigenvalue weighted by Crippen LogP contribution is -2.26. The summed E-state index contributed by atoms with van der Waals surface area (Å²) in [6.45, 7) is 0.435. The molecule has 2 N–H and O–H groups in total. The van der Waals surface area contributed by atoms with Gasteiger partial charge < -0.3 is 10.4 Å². The van der Waals surface area contributed by atoms with Gasteiger partial charge in [-0.3, -0.25) is 9.59 Å². The van der Waals surface area contributed by atoms with Crippen molar-refractivity contribution in [3.8, 4) is 0 Å². The second-order valence-electron chi connectivity index (χ2n) is 5.08. The fraction of sp³-hybridized carbons (Fsp3) is 0.467. The molecular formula is C15H21NO5S. The van der Waals surface area contributed by atoms with Crippen molar-refractivity contribution in [3.05, 3.63) is 29.8 Å². The molecule has 0 saturated carbocycles. The van der Waals surface area contributed by atoms with Gasteiger partial charge in [-0.2, -0.15) is 0 Å². The first-order chi connectivity index (χ1) is 10.3. The molecule has 0 unspecified atom stereocenters. The minimum atomic E-state index is -3.45. The summed E-state index contributed by atoms with van der Waals surface area (Å²) < 4.78 is 23.3. The molecule has 1 amide bonds. The van der Waals surface area contributed by atoms with Crippen molar-refractivity contribution in [1.82, 2.24) is 5.32 Å². The highest BCUT2D eigenvalue weighted by atomic mass is 32.2. The van der Waals surface area contributed by atoms with Crippen molar-refractivity contribution >= 4 is 21.7 Å². The number of carbonyl (C=O) groups excluding carboxylic acids is 1. The molecule has 0 spiro atoms. The van der Waals surface area contributed by atoms with Gasteiger partial charge in [0.25, 0.3) is 5.91 Å². The lowest BCUT2D eigenvalue weighted by atomic mass is 10.1. The van der Waals surface area contributed by atoms with Crippen LogP contribution in [0.2, 0.25) is 0 Å². The van der Waals surface area contributed by atoms with E-state index in [-0.39, 0.29) is 16.9 Å². The number of nitrogens with one attached hydrogen (secondary N) is 1. The van der Waals surface area contributed by atoms with E-state index in [1.807, 2.05) is 0 Å². The molecule has 7 heteroatoms. The number of rotatable bonds is 9. The van der Waals surface area contributed by atoms with Crippen molar-refractivity contribution in [2.45, 2.75) is 37.0 Å². The second kappa shape index (κ2) is 8.53. The summed E-state index contributed by atoms with van der Waals surface area (Å²) in [5, 5.41) is 11.2. The number of hydrogen-bond acceptors (Lipinski definition) is 4. The minimum absolute atomic E-state index is 0.0222. The highest BCUT2D eigenvalue weighted by molar-refractivity contribution is 7.90. The molecule has 0 fully saturated rings. The molecule has 0 aliphatic rings. The molecule has 0 heterocycles. The van der Waals surface area contributed by atoms with Crippen LogP contribution in [0.3, 0.4) is 0 Å². The molecule has 0 aliphatic heterocycles. The van der Waals surface area contributed by atoms with E-state index in [9.17, 15) is 18.0 Å². The first-order valence-electron chi connectivity index (χ1n) is 7.11. The van der Waals surface area contributed by atoms with E-state index >= 15 is 0 Å². The van der Waals surface area contributed by atoms with E-state index in [1.54, 1.807) is 12.1 Å². The Morgan fingerprint density at radius 2 is 1.73 bits per heavy atom. The summed E-state index contributed by atoms with van der Waals surface area (Å²) in [6.07, 6.45) is 4.20. The third-order valence-corrected chi connectivity index (χ3v) is 4.29. The van der Waals surface area contributed by atoms with E-state index in [2.05, 4.69) is 5.32 Å². The predicted molar refractivity (Wildman–Crippen MR) is 82.6 cm³/mol. The topological polar surface area (TPSA) is 101 Å². The van der Waals surface area contributed by atoms with Crippen LogP contribution in [0.15, 0.2) is 29.2 Å². The van der Waals surface area contributed by atoms with Crippen LogP contribution in [0.4, 0.5) is 0 Å². The average molecular weight is 327 g/mol. The highest BCUT2D eigenvalue weighted by Crippen LogP contribution is 2.15. The van der Waals surface area contributed by atoms with Crippen LogP contribution in [-0.2, 0) is 14.6 Å². The normalized spacial score (nSPS) is 11.1. The van der Waals surface area contributed by atoms with Crippen LogP contribution in [0.1, 0.15) is 42.5 Å². The lowest BCUT2D eigenvalue weighted by molar-refractivity contribution is -0.137. The van der Waals surface area contributed by atoms with Gasteiger partial charge in [-0.25, -0.2) is 8.42 Å². The van der Waals surface area contributed by atoms with Crippen molar-refractivity contribution in [3.63, 3.8) is 0 Å². The van der Waals surface area contributed by atoms with Crippen LogP contribution < -0.4 is 5.32 Å². The highest BCUT2D eigenvalue weighted by Gasteiger charge is 2.17. The van der Waals surface area contributed by atoms with Crippen molar-refractivity contribution in [2.24, 2.45) is 0 Å². The Hall–Kier alpha value is -1.89. The Bertz CT molecular complexity index is 625. The fourth-order valence-electron chi connectivity index (χ4n) is 2.03. The monoisotopic (exact) mass is 327 g/mol. The van der Waals surface area contributed by atoms with Gasteiger partial charge in [0.05, 0.1) is 10.5 Å². The van der Waals surface area contributed by atoms with E-state index in [4.69, 9.17) is 5.11 Å². The zero-order valence-electron chi connectivity index (χ0n) is 12.5. The van der Waals surface area contributed by atoms with Crippen LogP contribution in [0, 0.1) is 0 Å². The third-order valence-electron chi connectivity index (χ3n) is 3.13. The predicted octanol–water partition coefficient (Wildman–Crippen LogP) is 1.86. The zero-order chi connectivity index (χ0) is 16.6. The summed E-state index contributed by atoms with van der Waals surface area (Å²) in [7, 11) is -3.45. The molecule has 1 rings (SSSR count). The maximum Gasteiger partial charge on any atom is 0.303 e. The molecule has 0 bridgehead atoms. The fourth-order valence-corrected chi connectivity index (χ4v) is 2.92. The summed E-state index contributed by atoms with van der Waals surface area (Å²) in [4.78, 5) is 22.4. The van der Waals surface area contributed by atoms with Gasteiger partial charge in [0.15, 0.2) is 9.84 Å². The van der Waals surface area contributed by atoms with Gasteiger partial charge in [0, 0.05) is 19.2 Å². The standard InChI is InChI=1S/C15H21NO5S/c1-22(20,21)13-9-6-5-8-12(13)15(19)16-11-7-3-2-4-10-14(17)18/h5-6,8-9H,2-4,7,10-11H2,1H3,(H,16,19)(H,17,18). The molecule has 1 aromatic rings. The molecule has 0 radical (unpaired) electrons. The number of aliphatic carboxylic acids is 1. The molecule has 0 aliphatic carbocycles. The van der Waals surface area contributed by atoms with Gasteiger partial charge >= 0.3 is 5.97 Å². The van der Waals surface area contributed by atoms with Crippen molar-refractivity contribution < 1.29 is 23.1 Å². The first kappa shape index (κ1) is 18.2. The van der Waals surface area contributed by atoms with Crippen LogP contribution in [-0.4, -0.2) is 38.2 Å². The van der Waals surface area contributed by atoms with Crippen LogP contribution in [0.5, 0.6) is 0 Å². The molecule has 22 heavy (non-hydrogen) atoms. The zero-order valence-corrected chi connectivity index (χ0v) is 13.4. The summed E-state index contributed by atoms with van der Waals surface area (Å²) in [5.41, 5.74) is 0.149. The lowest BCUT2D eigenvalue weighted by Gasteiger charge is -2.08. The molecule has 122 valence electrons. The molecular weight excluding hydrogens is 306 g/mol. The smallest absolute Gasteiger partial charge is 0.303 e. The molecule has 0 atom stereocenters. The van der Waals surface area contributed by atoms with Crippen LogP contribution in [0.25, 0.3) is 0 Å². The number of carbonyl (C=O) groups is 2. The Morgan fingerprint density at radius 3 is 2.36 bits per heavy atom. The summed E-state index contributed by atoms with van der Waals surface area (Å²) >= 11 is 0. The number of hydrogen-bond donors (Lipinski definition) is 2. The minimum Gasteiger partial charge on any atom is -0.481 e. The Balaban J connectivity index is 2.42. The van der Waals surface area contributed by atoms with E-state index < -0.39 is 21.7 Å². The Kier molecular flexibility index (Phi) is 7.04. The Morgan fingerprint density at radius 1 is 1.09 bits per heavy atom. The summed E-state index contributed by atoms with van der Waals surface area (Å²) in [6, 6.07) is 6.10. The number of benzene rings is 1. The maximum absolute atomic E-state index is 12.0. The molecule has 6 nitrogen and oxygen atoms in total. The largest absolute Gasteiger partial charge is 0.481 e. The summed E-state index contributed by atoms with van der Waals surface area (Å²) in [5.74, 6) is -1.21. The first-order valence-corrected chi connectivity index (χ1v) is 9.00. The number of unbranched alkanes of at least 4 members (excludes halogenated alkanes) is 3. The van der Waals surface area contributed by atoms with Gasteiger partial charge in [-0.15, -0.1) is 0 Å². The van der Waals surface area contributed by atoms with Gasteiger partial charge in [-0.05, 0) is 25.0 Å². The van der Waals surface area contributed by atoms with Crippen molar-refractivity contribution in [1.29, 1.82) is 0 Å². The third kappa shape index (κ3) is 6.26. The van der Waals surface area contributed by atoms with Gasteiger partial charge in [0.2, 0.25) is 0 Å². The van der Waals surface area contributed by atoms with E-state index in [1.165, 1.54) is 12.1 Å². The SMILES string of the molecule is CS(=O)(=O)c1ccccc1C(=O)NCCCCCCC(=O)O. The second-order valence-corrected chi connectivity index (χ2v) is 7.07. The molecule has 1 aromatic carbocycles. The number of carboxylic acids is 1. The quantitative estimate of drug-likeness (QED) is 0.674. The van der Waals surface area contributed by atoms with Gasteiger partial charge in [0.1, 0.15) is 0 Å². The van der Waals surface area contributed by atoms with Crippen LogP contribution >= 0.6 is 0 Å². The maximum atomic E-state index is 12.0. The number of amides is 1. The van der Waals surface area contributed by atoms with Crippen molar-refractivity contribution in [2.75, 3.05) is 12.8 Å². The number of carboxylic acid groups (broad SMARTS) is 1. The number of sulfone groups is 1. The molecule has 0 saturated heterocycles. The molecule has 0 aromatic heterocycles. The average Bonchev–Trinajstić information content (AvgIpc) is 2.44. The van der Waals surface area contributed by atoms with E-state index in [0.717, 1.165) is 25.5 Å².